The second-order valence-electron chi connectivity index (χ2n) is 8.08. The first-order chi connectivity index (χ1) is 14.4. The van der Waals surface area contributed by atoms with Crippen molar-refractivity contribution in [2.45, 2.75) is 37.6 Å². The molecule has 1 amide bonds. The summed E-state index contributed by atoms with van der Waals surface area (Å²) < 4.78 is 63.4. The number of halogens is 5. The monoisotopic (exact) mass is 470 g/mol. The number of carboxylic acid groups (broad SMARTS) is 1. The number of alkyl halides is 5. The molecule has 6 nitrogen and oxygen atoms in total. The number of hydrogen-bond acceptors (Lipinski definition) is 5. The number of likely N-dealkylation sites (tertiary alicyclic amines) is 1. The van der Waals surface area contributed by atoms with Gasteiger partial charge in [-0.05, 0) is 11.4 Å². The molecule has 0 aromatic carbocycles. The lowest BCUT2D eigenvalue weighted by molar-refractivity contribution is -0.192. The molecule has 1 aromatic rings. The fourth-order valence-electron chi connectivity index (χ4n) is 4.06. The van der Waals surface area contributed by atoms with Gasteiger partial charge >= 0.3 is 12.1 Å². The van der Waals surface area contributed by atoms with Gasteiger partial charge in [-0.3, -0.25) is 9.69 Å². The Hall–Kier alpha value is -1.79. The maximum absolute atomic E-state index is 12.9. The number of nitrogens with one attached hydrogen (secondary N) is 1. The SMILES string of the molecule is O=C(NC[C@@H]1CO[C@@H]2CN(Cc3cccs3)C[C@H]12)C1CC(F)(F)C1.O=C(O)C(F)(F)F. The number of ether oxygens (including phenoxy) is 1. The number of carboxylic acids is 1. The van der Waals surface area contributed by atoms with Gasteiger partial charge in [0.05, 0.1) is 12.7 Å². The normalized spacial score (nSPS) is 27.7. The molecule has 0 unspecified atom stereocenters. The zero-order valence-corrected chi connectivity index (χ0v) is 17.2. The Morgan fingerprint density at radius 3 is 2.52 bits per heavy atom. The van der Waals surface area contributed by atoms with Gasteiger partial charge in [-0.1, -0.05) is 6.07 Å². The maximum Gasteiger partial charge on any atom is 0.490 e. The Kier molecular flexibility index (Phi) is 7.21. The lowest BCUT2D eigenvalue weighted by atomic mass is 9.80. The number of aliphatic carboxylic acids is 1. The number of hydrogen-bond donors (Lipinski definition) is 2. The van der Waals surface area contributed by atoms with E-state index in [1.54, 1.807) is 11.3 Å². The van der Waals surface area contributed by atoms with Crippen LogP contribution in [0, 0.1) is 17.8 Å². The van der Waals surface area contributed by atoms with Crippen LogP contribution in [-0.4, -0.2) is 66.3 Å². The van der Waals surface area contributed by atoms with E-state index in [4.69, 9.17) is 14.6 Å². The third-order valence-electron chi connectivity index (χ3n) is 5.72. The summed E-state index contributed by atoms with van der Waals surface area (Å²) in [5.41, 5.74) is 0. The minimum atomic E-state index is -5.08. The molecule has 2 saturated heterocycles. The van der Waals surface area contributed by atoms with E-state index in [0.717, 1.165) is 19.6 Å². The molecule has 0 bridgehead atoms. The number of thiophene rings is 1. The molecule has 0 radical (unpaired) electrons. The van der Waals surface area contributed by atoms with Crippen molar-refractivity contribution >= 4 is 23.2 Å². The summed E-state index contributed by atoms with van der Waals surface area (Å²) in [6.45, 7) is 4.05. The first kappa shape index (κ1) is 23.9. The van der Waals surface area contributed by atoms with E-state index in [-0.39, 0.29) is 30.8 Å². The zero-order chi connectivity index (χ0) is 22.8. The Bertz CT molecular complexity index is 766. The van der Waals surface area contributed by atoms with E-state index >= 15 is 0 Å². The van der Waals surface area contributed by atoms with Crippen LogP contribution in [0.4, 0.5) is 22.0 Å². The van der Waals surface area contributed by atoms with E-state index < -0.39 is 24.0 Å². The van der Waals surface area contributed by atoms with Crippen LogP contribution in [-0.2, 0) is 20.9 Å². The molecule has 3 atom stereocenters. The predicted octanol–water partition coefficient (Wildman–Crippen LogP) is 2.99. The molecule has 1 aliphatic carbocycles. The van der Waals surface area contributed by atoms with Crippen LogP contribution >= 0.6 is 11.3 Å². The van der Waals surface area contributed by atoms with Gasteiger partial charge in [-0.25, -0.2) is 13.6 Å². The fraction of sp³-hybridized carbons (Fsp3) is 0.684. The van der Waals surface area contributed by atoms with Crippen LogP contribution in [0.5, 0.6) is 0 Å². The van der Waals surface area contributed by atoms with Crippen LogP contribution in [0.3, 0.4) is 0 Å². The van der Waals surface area contributed by atoms with Gasteiger partial charge in [0.25, 0.3) is 0 Å². The fourth-order valence-corrected chi connectivity index (χ4v) is 4.81. The Morgan fingerprint density at radius 1 is 1.29 bits per heavy atom. The van der Waals surface area contributed by atoms with Gasteiger partial charge < -0.3 is 15.2 Å². The highest BCUT2D eigenvalue weighted by Gasteiger charge is 2.49. The predicted molar refractivity (Wildman–Crippen MR) is 101 cm³/mol. The standard InChI is InChI=1S/C17H22F2N2O2S.C2HF3O2/c18-17(19)4-11(5-17)16(22)20-6-12-10-23-15-9-21(8-14(12)15)7-13-2-1-3-24-13;3-2(4,5)1(6)7/h1-3,11-12,14-15H,4-10H2,(H,20,22);(H,6,7)/t12-,14-,15-;/m1./s1. The maximum atomic E-state index is 12.9. The van der Waals surface area contributed by atoms with E-state index in [2.05, 4.69) is 27.7 Å². The topological polar surface area (TPSA) is 78.9 Å². The largest absolute Gasteiger partial charge is 0.490 e. The zero-order valence-electron chi connectivity index (χ0n) is 16.4. The molecule has 0 spiro atoms. The summed E-state index contributed by atoms with van der Waals surface area (Å²) in [7, 11) is 0. The van der Waals surface area contributed by atoms with E-state index in [0.29, 0.717) is 19.1 Å². The highest BCUT2D eigenvalue weighted by molar-refractivity contribution is 7.09. The van der Waals surface area contributed by atoms with Crippen molar-refractivity contribution in [3.05, 3.63) is 22.4 Å². The van der Waals surface area contributed by atoms with E-state index in [9.17, 15) is 26.7 Å². The molecule has 31 heavy (non-hydrogen) atoms. The number of fused-ring (bicyclic) bond motifs is 1. The molecule has 1 saturated carbocycles. The molecular formula is C19H23F5N2O4S. The number of amides is 1. The summed E-state index contributed by atoms with van der Waals surface area (Å²) in [4.78, 5) is 24.6. The van der Waals surface area contributed by atoms with Crippen LogP contribution in [0.15, 0.2) is 17.5 Å². The first-order valence-electron chi connectivity index (χ1n) is 9.76. The Balaban J connectivity index is 0.000000339. The molecule has 4 rings (SSSR count). The van der Waals surface area contributed by atoms with Crippen LogP contribution in [0.25, 0.3) is 0 Å². The lowest BCUT2D eigenvalue weighted by Crippen LogP contribution is -2.46. The second-order valence-corrected chi connectivity index (χ2v) is 9.11. The molecule has 12 heteroatoms. The molecule has 174 valence electrons. The molecule has 3 heterocycles. The molecule has 3 aliphatic rings. The Morgan fingerprint density at radius 2 is 1.97 bits per heavy atom. The number of rotatable bonds is 5. The summed E-state index contributed by atoms with van der Waals surface area (Å²) in [6, 6.07) is 4.21. The van der Waals surface area contributed by atoms with Gasteiger partial charge in [0, 0.05) is 61.7 Å². The highest BCUT2D eigenvalue weighted by atomic mass is 32.1. The molecule has 2 N–H and O–H groups in total. The summed E-state index contributed by atoms with van der Waals surface area (Å²) in [5, 5.41) is 12.1. The average molecular weight is 470 g/mol. The Labute approximate surface area is 179 Å². The summed E-state index contributed by atoms with van der Waals surface area (Å²) in [6.07, 6.45) is -5.46. The third-order valence-corrected chi connectivity index (χ3v) is 6.58. The average Bonchev–Trinajstić information content (AvgIpc) is 3.36. The minimum Gasteiger partial charge on any atom is -0.475 e. The highest BCUT2D eigenvalue weighted by Crippen LogP contribution is 2.42. The van der Waals surface area contributed by atoms with Gasteiger partial charge in [0.2, 0.25) is 11.8 Å². The lowest BCUT2D eigenvalue weighted by Gasteiger charge is -2.34. The van der Waals surface area contributed by atoms with Crippen LogP contribution in [0.2, 0.25) is 0 Å². The quantitative estimate of drug-likeness (QED) is 0.647. The minimum absolute atomic E-state index is 0.224. The summed E-state index contributed by atoms with van der Waals surface area (Å²) in [5.74, 6) is -5.43. The van der Waals surface area contributed by atoms with Crippen molar-refractivity contribution in [3.63, 3.8) is 0 Å². The number of nitrogens with zero attached hydrogens (tertiary/aromatic N) is 1. The number of carbonyl (C=O) groups excluding carboxylic acids is 1. The van der Waals surface area contributed by atoms with Crippen molar-refractivity contribution < 1.29 is 41.4 Å². The van der Waals surface area contributed by atoms with Crippen molar-refractivity contribution in [1.82, 2.24) is 10.2 Å². The first-order valence-corrected chi connectivity index (χ1v) is 10.6. The second kappa shape index (κ2) is 9.37. The summed E-state index contributed by atoms with van der Waals surface area (Å²) >= 11 is 1.76. The van der Waals surface area contributed by atoms with Gasteiger partial charge in [0.1, 0.15) is 0 Å². The van der Waals surface area contributed by atoms with Gasteiger partial charge in [0.15, 0.2) is 0 Å². The van der Waals surface area contributed by atoms with Gasteiger partial charge in [-0.15, -0.1) is 11.3 Å². The molecule has 3 fully saturated rings. The van der Waals surface area contributed by atoms with Gasteiger partial charge in [-0.2, -0.15) is 13.2 Å². The smallest absolute Gasteiger partial charge is 0.475 e. The third kappa shape index (κ3) is 6.36. The van der Waals surface area contributed by atoms with Crippen LogP contribution < -0.4 is 5.32 Å². The van der Waals surface area contributed by atoms with Crippen molar-refractivity contribution in [1.29, 1.82) is 0 Å². The van der Waals surface area contributed by atoms with Crippen LogP contribution in [0.1, 0.15) is 17.7 Å². The molecule has 1 aromatic heterocycles. The van der Waals surface area contributed by atoms with E-state index in [1.165, 1.54) is 4.88 Å². The van der Waals surface area contributed by atoms with Crippen molar-refractivity contribution in [2.75, 3.05) is 26.2 Å². The molecule has 2 aliphatic heterocycles. The van der Waals surface area contributed by atoms with Crippen molar-refractivity contribution in [2.24, 2.45) is 17.8 Å². The van der Waals surface area contributed by atoms with Crippen molar-refractivity contribution in [3.8, 4) is 0 Å². The van der Waals surface area contributed by atoms with E-state index in [1.807, 2.05) is 0 Å². The number of carbonyl (C=O) groups is 2. The molecular weight excluding hydrogens is 447 g/mol.